The van der Waals surface area contributed by atoms with E-state index in [1.807, 2.05) is 131 Å². The lowest BCUT2D eigenvalue weighted by Gasteiger charge is -2.07. The zero-order valence-electron chi connectivity index (χ0n) is 23.3. The second-order valence-electron chi connectivity index (χ2n) is 9.36. The molecular formula is C34H34Br2N2O2S2. The van der Waals surface area contributed by atoms with Crippen LogP contribution in [0.25, 0.3) is 0 Å². The third kappa shape index (κ3) is 12.8. The van der Waals surface area contributed by atoms with Crippen LogP contribution in [0.1, 0.15) is 36.8 Å². The lowest BCUT2D eigenvalue weighted by molar-refractivity contribution is 0.309. The highest BCUT2D eigenvalue weighted by atomic mass is 79.9. The number of halogens is 2. The maximum absolute atomic E-state index is 5.90. The van der Waals surface area contributed by atoms with Gasteiger partial charge in [-0.1, -0.05) is 53.4 Å². The van der Waals surface area contributed by atoms with Crippen molar-refractivity contribution in [2.24, 2.45) is 9.98 Å². The van der Waals surface area contributed by atoms with Gasteiger partial charge in [0.2, 0.25) is 0 Å². The van der Waals surface area contributed by atoms with Crippen molar-refractivity contribution in [1.82, 2.24) is 0 Å². The van der Waals surface area contributed by atoms with Gasteiger partial charge in [0.1, 0.15) is 11.5 Å². The fraction of sp³-hybridized carbons (Fsp3) is 0.235. The fourth-order valence-corrected chi connectivity index (χ4v) is 6.50. The number of aliphatic imine (C=N–C) groups is 2. The Hall–Kier alpha value is -2.52. The molecule has 0 aromatic heterocycles. The minimum absolute atomic E-state index is 0.744. The average Bonchev–Trinajstić information content (AvgIpc) is 3.02. The molecule has 0 aliphatic heterocycles. The average molecular weight is 727 g/mol. The highest BCUT2D eigenvalue weighted by molar-refractivity contribution is 9.10. The van der Waals surface area contributed by atoms with Crippen molar-refractivity contribution < 1.29 is 9.47 Å². The number of benzene rings is 4. The fourth-order valence-electron chi connectivity index (χ4n) is 3.68. The molecule has 0 aliphatic carbocycles. The molecule has 0 unspecified atom stereocenters. The molecule has 0 bridgehead atoms. The third-order valence-electron chi connectivity index (χ3n) is 6.00. The zero-order chi connectivity index (χ0) is 29.2. The Morgan fingerprint density at radius 2 is 0.881 bits per heavy atom. The van der Waals surface area contributed by atoms with Crippen LogP contribution in [0, 0.1) is 0 Å². The van der Waals surface area contributed by atoms with Gasteiger partial charge in [-0.3, -0.25) is 9.98 Å². The maximum atomic E-state index is 5.90. The van der Waals surface area contributed by atoms with E-state index in [-0.39, 0.29) is 0 Å². The molecule has 8 heteroatoms. The van der Waals surface area contributed by atoms with Crippen molar-refractivity contribution in [3.05, 3.63) is 117 Å². The molecule has 0 amide bonds. The molecule has 4 aromatic rings. The molecule has 0 spiro atoms. The molecule has 4 rings (SSSR count). The Kier molecular flexibility index (Phi) is 14.6. The van der Waals surface area contributed by atoms with Gasteiger partial charge >= 0.3 is 0 Å². The van der Waals surface area contributed by atoms with E-state index in [0.717, 1.165) is 93.3 Å². The quantitative estimate of drug-likeness (QED) is 0.0617. The normalized spacial score (nSPS) is 11.4. The monoisotopic (exact) mass is 724 g/mol. The van der Waals surface area contributed by atoms with Crippen molar-refractivity contribution in [2.75, 3.05) is 24.7 Å². The van der Waals surface area contributed by atoms with E-state index >= 15 is 0 Å². The Morgan fingerprint density at radius 3 is 1.26 bits per heavy atom. The summed E-state index contributed by atoms with van der Waals surface area (Å²) in [5, 5.41) is 0. The molecule has 0 saturated heterocycles. The molecule has 0 saturated carbocycles. The molecule has 218 valence electrons. The Morgan fingerprint density at radius 1 is 0.500 bits per heavy atom. The Bertz CT molecular complexity index is 1270. The predicted molar refractivity (Wildman–Crippen MR) is 190 cm³/mol. The number of unbranched alkanes of at least 4 members (excludes halogenated alkanes) is 2. The smallest absolute Gasteiger partial charge is 0.119 e. The van der Waals surface area contributed by atoms with E-state index in [1.54, 1.807) is 0 Å². The first-order valence-corrected chi connectivity index (χ1v) is 18.0. The van der Waals surface area contributed by atoms with Crippen LogP contribution in [-0.4, -0.2) is 37.1 Å². The van der Waals surface area contributed by atoms with Crippen LogP contribution in [0.2, 0.25) is 0 Å². The summed E-state index contributed by atoms with van der Waals surface area (Å²) >= 11 is 6.88. The van der Waals surface area contributed by atoms with Crippen molar-refractivity contribution in [3.63, 3.8) is 0 Å². The van der Waals surface area contributed by atoms with Gasteiger partial charge in [-0.2, -0.15) is 0 Å². The van der Waals surface area contributed by atoms with Crippen LogP contribution in [-0.2, 0) is 0 Å². The van der Waals surface area contributed by atoms with Crippen LogP contribution in [0.5, 0.6) is 11.5 Å². The van der Waals surface area contributed by atoms with E-state index in [1.165, 1.54) is 0 Å². The zero-order valence-corrected chi connectivity index (χ0v) is 28.1. The third-order valence-corrected chi connectivity index (χ3v) is 9.64. The Labute approximate surface area is 274 Å². The molecule has 4 nitrogen and oxygen atoms in total. The van der Waals surface area contributed by atoms with Gasteiger partial charge in [0, 0.05) is 32.9 Å². The van der Waals surface area contributed by atoms with Gasteiger partial charge < -0.3 is 9.47 Å². The van der Waals surface area contributed by atoms with Crippen LogP contribution >= 0.6 is 53.4 Å². The summed E-state index contributed by atoms with van der Waals surface area (Å²) in [5.74, 6) is 4.10. The van der Waals surface area contributed by atoms with E-state index in [2.05, 4.69) is 41.8 Å². The molecular weight excluding hydrogens is 692 g/mol. The lowest BCUT2D eigenvalue weighted by Crippen LogP contribution is -1.98. The summed E-state index contributed by atoms with van der Waals surface area (Å²) in [6, 6.07) is 32.1. The number of hydrogen-bond acceptors (Lipinski definition) is 6. The highest BCUT2D eigenvalue weighted by Crippen LogP contribution is 2.24. The van der Waals surface area contributed by atoms with Gasteiger partial charge in [-0.05, 0) is 134 Å². The van der Waals surface area contributed by atoms with E-state index in [4.69, 9.17) is 9.47 Å². The van der Waals surface area contributed by atoms with Gasteiger partial charge in [0.05, 0.1) is 24.6 Å². The van der Waals surface area contributed by atoms with E-state index in [9.17, 15) is 0 Å². The van der Waals surface area contributed by atoms with Crippen molar-refractivity contribution >= 4 is 77.3 Å². The van der Waals surface area contributed by atoms with Gasteiger partial charge in [0.15, 0.2) is 0 Å². The summed E-state index contributed by atoms with van der Waals surface area (Å²) in [4.78, 5) is 9.01. The highest BCUT2D eigenvalue weighted by Gasteiger charge is 1.99. The topological polar surface area (TPSA) is 43.2 Å². The Balaban J connectivity index is 0.969. The minimum atomic E-state index is 0.744. The largest absolute Gasteiger partial charge is 0.494 e. The van der Waals surface area contributed by atoms with Crippen molar-refractivity contribution in [2.45, 2.75) is 25.7 Å². The SMILES string of the molecule is Brc1ccc(N=Cc2ccc(OCCCCSSCCCCOc3ccc(C=Nc4ccc(Br)cc4)cc3)cc2)cc1. The van der Waals surface area contributed by atoms with Gasteiger partial charge in [-0.25, -0.2) is 0 Å². The second kappa shape index (κ2) is 18.9. The molecule has 0 N–H and O–H groups in total. The molecule has 0 fully saturated rings. The summed E-state index contributed by atoms with van der Waals surface area (Å²) in [7, 11) is 3.91. The number of nitrogens with zero attached hydrogens (tertiary/aromatic N) is 2. The summed E-state index contributed by atoms with van der Waals surface area (Å²) < 4.78 is 13.9. The first-order chi connectivity index (χ1) is 20.6. The van der Waals surface area contributed by atoms with Crippen LogP contribution in [0.3, 0.4) is 0 Å². The summed E-state index contributed by atoms with van der Waals surface area (Å²) in [5.41, 5.74) is 3.97. The van der Waals surface area contributed by atoms with Crippen LogP contribution in [0.15, 0.2) is 116 Å². The molecule has 0 aliphatic rings. The summed E-state index contributed by atoms with van der Waals surface area (Å²) in [6.45, 7) is 1.49. The molecule has 42 heavy (non-hydrogen) atoms. The first-order valence-electron chi connectivity index (χ1n) is 13.9. The van der Waals surface area contributed by atoms with Gasteiger partial charge in [0.25, 0.3) is 0 Å². The molecule has 0 atom stereocenters. The molecule has 4 aromatic carbocycles. The predicted octanol–water partition coefficient (Wildman–Crippen LogP) is 11.1. The second-order valence-corrected chi connectivity index (χ2v) is 13.9. The number of hydrogen-bond donors (Lipinski definition) is 0. The summed E-state index contributed by atoms with van der Waals surface area (Å²) in [6.07, 6.45) is 8.17. The van der Waals surface area contributed by atoms with Crippen LogP contribution < -0.4 is 9.47 Å². The maximum Gasteiger partial charge on any atom is 0.119 e. The standard InChI is InChI=1S/C34H34Br2N2O2S2/c35-29-9-13-31(14-10-29)37-25-27-5-17-33(18-6-27)39-21-1-3-23-41-42-24-4-2-22-40-34-19-7-28(8-20-34)26-38-32-15-11-30(36)12-16-32/h5-20,25-26H,1-4,21-24H2. The first kappa shape index (κ1) is 32.4. The van der Waals surface area contributed by atoms with Crippen LogP contribution in [0.4, 0.5) is 11.4 Å². The minimum Gasteiger partial charge on any atom is -0.494 e. The van der Waals surface area contributed by atoms with Crippen molar-refractivity contribution in [3.8, 4) is 11.5 Å². The number of ether oxygens (including phenoxy) is 2. The van der Waals surface area contributed by atoms with Crippen molar-refractivity contribution in [1.29, 1.82) is 0 Å². The molecule has 0 radical (unpaired) electrons. The van der Waals surface area contributed by atoms with E-state index in [0.29, 0.717) is 0 Å². The van der Waals surface area contributed by atoms with Gasteiger partial charge in [-0.15, -0.1) is 0 Å². The number of rotatable bonds is 17. The lowest BCUT2D eigenvalue weighted by atomic mass is 10.2. The van der Waals surface area contributed by atoms with E-state index < -0.39 is 0 Å². The molecule has 0 heterocycles.